The number of likely N-dealkylation sites (tertiary alicyclic amines) is 1. The molecule has 1 aliphatic rings. The molecule has 0 aliphatic carbocycles. The van der Waals surface area contributed by atoms with Crippen molar-refractivity contribution in [3.63, 3.8) is 0 Å². The van der Waals surface area contributed by atoms with Gasteiger partial charge in [-0.3, -0.25) is 9.59 Å². The van der Waals surface area contributed by atoms with Crippen LogP contribution in [0.15, 0.2) is 36.4 Å². The summed E-state index contributed by atoms with van der Waals surface area (Å²) < 4.78 is 11.0. The van der Waals surface area contributed by atoms with Crippen molar-refractivity contribution in [2.75, 3.05) is 26.3 Å². The number of hydrogen-bond donors (Lipinski definition) is 4. The lowest BCUT2D eigenvalue weighted by molar-refractivity contribution is -0.124. The van der Waals surface area contributed by atoms with E-state index < -0.39 is 17.2 Å². The number of carbonyl (C=O) groups excluding carboxylic acids is 2. The maximum atomic E-state index is 12.6. The molecule has 1 heterocycles. The van der Waals surface area contributed by atoms with E-state index in [9.17, 15) is 24.9 Å². The lowest BCUT2D eigenvalue weighted by Crippen LogP contribution is -2.47. The van der Waals surface area contributed by atoms with E-state index in [-0.39, 0.29) is 30.0 Å². The predicted molar refractivity (Wildman–Crippen MR) is 112 cm³/mol. The quantitative estimate of drug-likeness (QED) is 0.495. The first-order valence-electron chi connectivity index (χ1n) is 10.1. The Morgan fingerprint density at radius 3 is 2.19 bits per heavy atom. The van der Waals surface area contributed by atoms with E-state index in [4.69, 9.17) is 9.47 Å². The van der Waals surface area contributed by atoms with Gasteiger partial charge < -0.3 is 35.0 Å². The average Bonchev–Trinajstić information content (AvgIpc) is 2.77. The van der Waals surface area contributed by atoms with Crippen molar-refractivity contribution in [1.82, 2.24) is 10.2 Å². The highest BCUT2D eigenvalue weighted by molar-refractivity contribution is 5.95. The lowest BCUT2D eigenvalue weighted by Gasteiger charge is -2.32. The molecule has 2 amide bonds. The smallest absolute Gasteiger partial charge is 0.258 e. The third kappa shape index (κ3) is 5.50. The first-order valence-corrected chi connectivity index (χ1v) is 10.1. The molecule has 2 aromatic carbocycles. The fourth-order valence-electron chi connectivity index (χ4n) is 3.39. The second kappa shape index (κ2) is 9.92. The molecule has 9 heteroatoms. The summed E-state index contributed by atoms with van der Waals surface area (Å²) >= 11 is 0. The number of ether oxygens (including phenoxy) is 2. The molecule has 0 radical (unpaired) electrons. The van der Waals surface area contributed by atoms with Crippen LogP contribution < -0.4 is 14.8 Å². The number of phenols is 3. The van der Waals surface area contributed by atoms with E-state index in [1.807, 2.05) is 13.0 Å². The second-order valence-corrected chi connectivity index (χ2v) is 7.17. The zero-order valence-corrected chi connectivity index (χ0v) is 17.2. The topological polar surface area (TPSA) is 129 Å². The highest BCUT2D eigenvalue weighted by Crippen LogP contribution is 2.35. The number of nitrogens with zero attached hydrogens (tertiary/aromatic N) is 1. The van der Waals surface area contributed by atoms with Crippen molar-refractivity contribution < 1.29 is 34.4 Å². The van der Waals surface area contributed by atoms with Crippen molar-refractivity contribution >= 4 is 11.8 Å². The van der Waals surface area contributed by atoms with Gasteiger partial charge in [0.2, 0.25) is 0 Å². The van der Waals surface area contributed by atoms with Crippen LogP contribution in [0.25, 0.3) is 0 Å². The largest absolute Gasteiger partial charge is 0.504 e. The van der Waals surface area contributed by atoms with Crippen molar-refractivity contribution in [1.29, 1.82) is 0 Å². The number of benzene rings is 2. The van der Waals surface area contributed by atoms with E-state index in [0.29, 0.717) is 44.0 Å². The maximum absolute atomic E-state index is 12.6. The molecule has 1 aliphatic heterocycles. The molecule has 2 aromatic rings. The van der Waals surface area contributed by atoms with E-state index in [0.717, 1.165) is 12.1 Å². The molecular formula is C22H26N2O7. The zero-order chi connectivity index (χ0) is 22.4. The van der Waals surface area contributed by atoms with Crippen LogP contribution in [0.5, 0.6) is 28.7 Å². The SMILES string of the molecule is CCOc1ccccc1OCC(=O)NC1CCN(C(=O)c2cc(O)c(O)c(O)c2)CC1. The minimum absolute atomic E-state index is 0.0802. The Hall–Kier alpha value is -3.62. The normalized spacial score (nSPS) is 14.2. The predicted octanol–water partition coefficient (Wildman–Crippen LogP) is 2.00. The van der Waals surface area contributed by atoms with Gasteiger partial charge in [0, 0.05) is 24.7 Å². The maximum Gasteiger partial charge on any atom is 0.258 e. The molecule has 0 saturated carbocycles. The number of rotatable bonds is 7. The number of hydrogen-bond acceptors (Lipinski definition) is 7. The number of amides is 2. The molecule has 31 heavy (non-hydrogen) atoms. The van der Waals surface area contributed by atoms with Crippen LogP contribution in [0.2, 0.25) is 0 Å². The number of piperidine rings is 1. The molecule has 4 N–H and O–H groups in total. The van der Waals surface area contributed by atoms with Crippen LogP contribution in [0, 0.1) is 0 Å². The Kier molecular flexibility index (Phi) is 7.07. The first-order chi connectivity index (χ1) is 14.9. The van der Waals surface area contributed by atoms with Gasteiger partial charge in [-0.1, -0.05) is 12.1 Å². The van der Waals surface area contributed by atoms with Gasteiger partial charge >= 0.3 is 0 Å². The molecule has 0 atom stereocenters. The number of aromatic hydroxyl groups is 3. The van der Waals surface area contributed by atoms with E-state index >= 15 is 0 Å². The Morgan fingerprint density at radius 2 is 1.61 bits per heavy atom. The zero-order valence-electron chi connectivity index (χ0n) is 17.2. The van der Waals surface area contributed by atoms with Crippen LogP contribution in [0.3, 0.4) is 0 Å². The molecule has 1 saturated heterocycles. The van der Waals surface area contributed by atoms with E-state index in [1.54, 1.807) is 23.1 Å². The average molecular weight is 430 g/mol. The summed E-state index contributed by atoms with van der Waals surface area (Å²) in [5.74, 6) is -1.33. The fourth-order valence-corrected chi connectivity index (χ4v) is 3.39. The summed E-state index contributed by atoms with van der Waals surface area (Å²) in [5, 5.41) is 31.5. The Bertz CT molecular complexity index is 916. The van der Waals surface area contributed by atoms with Crippen molar-refractivity contribution in [3.8, 4) is 28.7 Å². The van der Waals surface area contributed by atoms with Gasteiger partial charge in [0.1, 0.15) is 0 Å². The highest BCUT2D eigenvalue weighted by atomic mass is 16.5. The van der Waals surface area contributed by atoms with Gasteiger partial charge in [0.05, 0.1) is 6.61 Å². The molecular weight excluding hydrogens is 404 g/mol. The number of carbonyl (C=O) groups is 2. The molecule has 0 spiro atoms. The van der Waals surface area contributed by atoms with Crippen molar-refractivity contribution in [3.05, 3.63) is 42.0 Å². The van der Waals surface area contributed by atoms with Gasteiger partial charge in [0.15, 0.2) is 35.4 Å². The lowest BCUT2D eigenvalue weighted by atomic mass is 10.0. The van der Waals surface area contributed by atoms with Crippen LogP contribution >= 0.6 is 0 Å². The standard InChI is InChI=1S/C22H26N2O7/c1-2-30-18-5-3-4-6-19(18)31-13-20(27)23-15-7-9-24(10-8-15)22(29)14-11-16(25)21(28)17(26)12-14/h3-6,11-12,15,25-26,28H,2,7-10,13H2,1H3,(H,23,27). The highest BCUT2D eigenvalue weighted by Gasteiger charge is 2.26. The number of para-hydroxylation sites is 2. The summed E-state index contributed by atoms with van der Waals surface area (Å²) in [6, 6.07) is 9.28. The fraction of sp³-hybridized carbons (Fsp3) is 0.364. The van der Waals surface area contributed by atoms with Gasteiger partial charge in [0.25, 0.3) is 11.8 Å². The van der Waals surface area contributed by atoms with Crippen LogP contribution in [0.4, 0.5) is 0 Å². The second-order valence-electron chi connectivity index (χ2n) is 7.17. The molecule has 0 bridgehead atoms. The number of nitrogens with one attached hydrogen (secondary N) is 1. The van der Waals surface area contributed by atoms with Gasteiger partial charge in [-0.25, -0.2) is 0 Å². The summed E-state index contributed by atoms with van der Waals surface area (Å²) in [6.45, 7) is 3.02. The van der Waals surface area contributed by atoms with E-state index in [2.05, 4.69) is 5.32 Å². The van der Waals surface area contributed by atoms with Crippen molar-refractivity contribution in [2.24, 2.45) is 0 Å². The Balaban J connectivity index is 1.48. The minimum atomic E-state index is -0.663. The molecule has 1 fully saturated rings. The van der Waals surface area contributed by atoms with Crippen molar-refractivity contribution in [2.45, 2.75) is 25.8 Å². The van der Waals surface area contributed by atoms with Crippen LogP contribution in [0.1, 0.15) is 30.1 Å². The third-order valence-electron chi connectivity index (χ3n) is 4.97. The first kappa shape index (κ1) is 22.1. The molecule has 0 unspecified atom stereocenters. The molecule has 9 nitrogen and oxygen atoms in total. The summed E-state index contributed by atoms with van der Waals surface area (Å²) in [4.78, 5) is 26.4. The minimum Gasteiger partial charge on any atom is -0.504 e. The molecule has 0 aromatic heterocycles. The van der Waals surface area contributed by atoms with Crippen LogP contribution in [-0.2, 0) is 4.79 Å². The summed E-state index contributed by atoms with van der Waals surface area (Å²) in [5.41, 5.74) is 0.0802. The third-order valence-corrected chi connectivity index (χ3v) is 4.97. The Labute approximate surface area is 179 Å². The molecule has 166 valence electrons. The molecule has 3 rings (SSSR count). The summed E-state index contributed by atoms with van der Waals surface area (Å²) in [6.07, 6.45) is 1.12. The Morgan fingerprint density at radius 1 is 1.03 bits per heavy atom. The van der Waals surface area contributed by atoms with Crippen LogP contribution in [-0.4, -0.2) is 64.4 Å². The van der Waals surface area contributed by atoms with Gasteiger partial charge in [-0.05, 0) is 44.0 Å². The van der Waals surface area contributed by atoms with E-state index in [1.165, 1.54) is 0 Å². The van der Waals surface area contributed by atoms with Gasteiger partial charge in [-0.15, -0.1) is 0 Å². The van der Waals surface area contributed by atoms with Gasteiger partial charge in [-0.2, -0.15) is 0 Å². The summed E-state index contributed by atoms with van der Waals surface area (Å²) in [7, 11) is 0. The number of phenolic OH excluding ortho intramolecular Hbond substituents is 3. The monoisotopic (exact) mass is 430 g/mol.